The normalized spacial score (nSPS) is 15.2. The molecule has 1 aliphatic rings. The summed E-state index contributed by atoms with van der Waals surface area (Å²) in [5, 5.41) is 7.27. The molecule has 0 bridgehead atoms. The minimum Gasteiger partial charge on any atom is -0.355 e. The van der Waals surface area contributed by atoms with Crippen LogP contribution in [0.1, 0.15) is 17.2 Å². The molecule has 108 valence electrons. The lowest BCUT2D eigenvalue weighted by Gasteiger charge is -2.15. The van der Waals surface area contributed by atoms with Gasteiger partial charge in [-0.3, -0.25) is 0 Å². The molecule has 0 saturated carbocycles. The van der Waals surface area contributed by atoms with Gasteiger partial charge in [0.2, 0.25) is 0 Å². The first kappa shape index (κ1) is 14.0. The molecule has 0 spiro atoms. The fourth-order valence-electron chi connectivity index (χ4n) is 2.46. The van der Waals surface area contributed by atoms with Crippen molar-refractivity contribution in [3.8, 4) is 0 Å². The maximum Gasteiger partial charge on any atom is 0.192 e. The Bertz CT molecular complexity index is 617. The van der Waals surface area contributed by atoms with Gasteiger partial charge in [0.25, 0.3) is 0 Å². The number of rotatable bonds is 4. The quantitative estimate of drug-likeness (QED) is 0.910. The number of benzene rings is 2. The molecule has 2 N–H and O–H groups in total. The van der Waals surface area contributed by atoms with E-state index in [-0.39, 0.29) is 6.04 Å². The molecule has 3 rings (SSSR count). The summed E-state index contributed by atoms with van der Waals surface area (Å²) in [5.41, 5.74) is 2.40. The van der Waals surface area contributed by atoms with E-state index in [4.69, 9.17) is 16.6 Å². The molecule has 21 heavy (non-hydrogen) atoms. The smallest absolute Gasteiger partial charge is 0.192 e. The maximum absolute atomic E-state index is 6.13. The molecule has 2 aromatic rings. The topological polar surface area (TPSA) is 36.4 Å². The molecule has 1 unspecified atom stereocenters. The summed E-state index contributed by atoms with van der Waals surface area (Å²) >= 11 is 6.13. The average molecular weight is 300 g/mol. The summed E-state index contributed by atoms with van der Waals surface area (Å²) in [7, 11) is 0. The van der Waals surface area contributed by atoms with Crippen LogP contribution in [0.2, 0.25) is 5.02 Å². The van der Waals surface area contributed by atoms with Crippen LogP contribution in [0.3, 0.4) is 0 Å². The van der Waals surface area contributed by atoms with Gasteiger partial charge in [0.05, 0.1) is 6.04 Å². The van der Waals surface area contributed by atoms with Crippen molar-refractivity contribution in [2.45, 2.75) is 12.5 Å². The fraction of sp³-hybridized carbons (Fsp3) is 0.235. The van der Waals surface area contributed by atoms with Crippen molar-refractivity contribution in [3.05, 3.63) is 70.7 Å². The molecule has 4 heteroatoms. The van der Waals surface area contributed by atoms with Gasteiger partial charge >= 0.3 is 0 Å². The summed E-state index contributed by atoms with van der Waals surface area (Å²) < 4.78 is 0. The Balaban J connectivity index is 1.88. The lowest BCUT2D eigenvalue weighted by Crippen LogP contribution is -2.25. The molecule has 0 aromatic heterocycles. The van der Waals surface area contributed by atoms with E-state index in [0.717, 1.165) is 36.1 Å². The minimum atomic E-state index is 0.0548. The summed E-state index contributed by atoms with van der Waals surface area (Å²) in [4.78, 5) is 4.82. The molecule has 0 radical (unpaired) electrons. The van der Waals surface area contributed by atoms with E-state index in [9.17, 15) is 0 Å². The number of nitrogens with zero attached hydrogens (tertiary/aromatic N) is 1. The second kappa shape index (κ2) is 6.64. The molecule has 0 amide bonds. The van der Waals surface area contributed by atoms with Crippen LogP contribution < -0.4 is 10.6 Å². The predicted octanol–water partition coefficient (Wildman–Crippen LogP) is 3.17. The largest absolute Gasteiger partial charge is 0.355 e. The molecule has 3 nitrogen and oxygen atoms in total. The summed E-state index contributed by atoms with van der Waals surface area (Å²) in [5.74, 6) is 0.871. The monoisotopic (exact) mass is 299 g/mol. The number of nitrogens with one attached hydrogen (secondary N) is 2. The van der Waals surface area contributed by atoms with Crippen molar-refractivity contribution in [1.29, 1.82) is 0 Å². The van der Waals surface area contributed by atoms with Crippen LogP contribution in [-0.2, 0) is 6.42 Å². The Labute approximate surface area is 130 Å². The second-order valence-electron chi connectivity index (χ2n) is 5.09. The Hall–Kier alpha value is -2.00. The highest BCUT2D eigenvalue weighted by Crippen LogP contribution is 2.25. The van der Waals surface area contributed by atoms with Gasteiger partial charge in [0.15, 0.2) is 5.96 Å². The Morgan fingerprint density at radius 3 is 2.48 bits per heavy atom. The fourth-order valence-corrected chi connectivity index (χ4v) is 2.66. The van der Waals surface area contributed by atoms with E-state index in [2.05, 4.69) is 41.0 Å². The summed E-state index contributed by atoms with van der Waals surface area (Å²) in [6, 6.07) is 18.4. The lowest BCUT2D eigenvalue weighted by atomic mass is 9.99. The third-order valence-corrected chi connectivity index (χ3v) is 3.74. The summed E-state index contributed by atoms with van der Waals surface area (Å²) in [6.07, 6.45) is 0.855. The van der Waals surface area contributed by atoms with Gasteiger partial charge in [-0.1, -0.05) is 54.1 Å². The lowest BCUT2D eigenvalue weighted by molar-refractivity contribution is 0.716. The van der Waals surface area contributed by atoms with Gasteiger partial charge in [0, 0.05) is 18.1 Å². The molecule has 1 fully saturated rings. The van der Waals surface area contributed by atoms with Crippen LogP contribution in [0.4, 0.5) is 0 Å². The number of aliphatic imine (C=N–C) groups is 1. The van der Waals surface area contributed by atoms with Crippen molar-refractivity contribution in [2.75, 3.05) is 13.1 Å². The van der Waals surface area contributed by atoms with E-state index < -0.39 is 0 Å². The van der Waals surface area contributed by atoms with Crippen molar-refractivity contribution >= 4 is 17.6 Å². The molecule has 0 aliphatic carbocycles. The first-order valence-electron chi connectivity index (χ1n) is 7.16. The third kappa shape index (κ3) is 3.76. The highest BCUT2D eigenvalue weighted by atomic mass is 35.5. The van der Waals surface area contributed by atoms with Crippen molar-refractivity contribution in [1.82, 2.24) is 10.6 Å². The molecule has 1 atom stereocenters. The number of guanidine groups is 1. The zero-order valence-corrected chi connectivity index (χ0v) is 12.5. The third-order valence-electron chi connectivity index (χ3n) is 3.50. The molecular formula is C17H18ClN3. The molecule has 1 saturated heterocycles. The molecule has 2 aromatic carbocycles. The Morgan fingerprint density at radius 2 is 1.76 bits per heavy atom. The number of hydrogen-bond donors (Lipinski definition) is 2. The first-order chi connectivity index (χ1) is 10.3. The zero-order valence-electron chi connectivity index (χ0n) is 11.7. The Kier molecular flexibility index (Phi) is 4.41. The van der Waals surface area contributed by atoms with Gasteiger partial charge in [-0.15, -0.1) is 0 Å². The standard InChI is InChI=1S/C17H18ClN3/c18-15-8-4-7-14(12-15)16(21-17-19-9-10-20-17)11-13-5-2-1-3-6-13/h1-8,12,16H,9-11H2,(H2,19,20,21). The molecule has 1 aliphatic heterocycles. The van der Waals surface area contributed by atoms with Gasteiger partial charge in [-0.05, 0) is 29.7 Å². The van der Waals surface area contributed by atoms with Crippen LogP contribution >= 0.6 is 11.6 Å². The van der Waals surface area contributed by atoms with Gasteiger partial charge in [-0.25, -0.2) is 4.99 Å². The highest BCUT2D eigenvalue weighted by Gasteiger charge is 2.15. The van der Waals surface area contributed by atoms with Crippen LogP contribution in [-0.4, -0.2) is 19.0 Å². The number of hydrogen-bond acceptors (Lipinski definition) is 1. The van der Waals surface area contributed by atoms with Crippen LogP contribution in [0, 0.1) is 0 Å². The van der Waals surface area contributed by atoms with Crippen molar-refractivity contribution in [3.63, 3.8) is 0 Å². The minimum absolute atomic E-state index is 0.0548. The Morgan fingerprint density at radius 1 is 1.00 bits per heavy atom. The first-order valence-corrected chi connectivity index (χ1v) is 7.54. The maximum atomic E-state index is 6.13. The average Bonchev–Trinajstić information content (AvgIpc) is 3.01. The van der Waals surface area contributed by atoms with Crippen molar-refractivity contribution in [2.24, 2.45) is 4.99 Å². The van der Waals surface area contributed by atoms with Gasteiger partial charge < -0.3 is 10.6 Å². The SMILES string of the molecule is Clc1cccc(C(Cc2ccccc2)N=C2NCCN2)c1. The van der Waals surface area contributed by atoms with E-state index in [1.165, 1.54) is 5.56 Å². The second-order valence-corrected chi connectivity index (χ2v) is 5.53. The summed E-state index contributed by atoms with van der Waals surface area (Å²) in [6.45, 7) is 1.85. The van der Waals surface area contributed by atoms with E-state index >= 15 is 0 Å². The van der Waals surface area contributed by atoms with Crippen molar-refractivity contribution < 1.29 is 0 Å². The van der Waals surface area contributed by atoms with Gasteiger partial charge in [-0.2, -0.15) is 0 Å². The van der Waals surface area contributed by atoms with Crippen LogP contribution in [0.5, 0.6) is 0 Å². The molecular weight excluding hydrogens is 282 g/mol. The predicted molar refractivity (Wildman–Crippen MR) is 87.8 cm³/mol. The van der Waals surface area contributed by atoms with E-state index in [0.29, 0.717) is 0 Å². The van der Waals surface area contributed by atoms with Crippen LogP contribution in [0.25, 0.3) is 0 Å². The zero-order chi connectivity index (χ0) is 14.5. The van der Waals surface area contributed by atoms with E-state index in [1.807, 2.05) is 24.3 Å². The molecule has 1 heterocycles. The van der Waals surface area contributed by atoms with Crippen LogP contribution in [0.15, 0.2) is 59.6 Å². The van der Waals surface area contributed by atoms with Gasteiger partial charge in [0.1, 0.15) is 0 Å². The van der Waals surface area contributed by atoms with E-state index in [1.54, 1.807) is 0 Å². The highest BCUT2D eigenvalue weighted by molar-refractivity contribution is 6.30. The number of halogens is 1.